The van der Waals surface area contributed by atoms with Crippen LogP contribution >= 0.6 is 11.6 Å². The smallest absolute Gasteiger partial charge is 0.261 e. The van der Waals surface area contributed by atoms with Gasteiger partial charge in [0.1, 0.15) is 11.6 Å². The molecule has 1 heterocycles. The Hall–Kier alpha value is -3.82. The van der Waals surface area contributed by atoms with E-state index in [2.05, 4.69) is 25.3 Å². The van der Waals surface area contributed by atoms with Gasteiger partial charge in [-0.3, -0.25) is 4.72 Å². The first-order valence-corrected chi connectivity index (χ1v) is 12.5. The lowest BCUT2D eigenvalue weighted by atomic mass is 10.2. The average Bonchev–Trinajstić information content (AvgIpc) is 2.81. The standard InChI is InChI=1S/C25H24ClN5O3S/c1-16-4-6-18(7-5-16)28-24-14-17(2)27-25(30-24)29-19-8-10-20(11-9-19)31-35(32,33)21-12-13-23(34-3)22(26)15-21/h4-15,31H,1-3H3,(H2,27,28,29,30). The van der Waals surface area contributed by atoms with Crippen LogP contribution in [0, 0.1) is 13.8 Å². The zero-order valence-electron chi connectivity index (χ0n) is 19.3. The van der Waals surface area contributed by atoms with Gasteiger partial charge < -0.3 is 15.4 Å². The summed E-state index contributed by atoms with van der Waals surface area (Å²) in [5.74, 6) is 1.48. The van der Waals surface area contributed by atoms with E-state index < -0.39 is 10.0 Å². The number of ether oxygens (including phenoxy) is 1. The largest absolute Gasteiger partial charge is 0.495 e. The molecule has 10 heteroatoms. The zero-order chi connectivity index (χ0) is 25.0. The van der Waals surface area contributed by atoms with Gasteiger partial charge in [0.25, 0.3) is 10.0 Å². The van der Waals surface area contributed by atoms with Crippen LogP contribution in [0.25, 0.3) is 0 Å². The maximum atomic E-state index is 12.7. The van der Waals surface area contributed by atoms with Gasteiger partial charge in [-0.05, 0) is 68.4 Å². The summed E-state index contributed by atoms with van der Waals surface area (Å²) in [6.45, 7) is 3.92. The normalized spacial score (nSPS) is 11.1. The van der Waals surface area contributed by atoms with Crippen molar-refractivity contribution in [3.63, 3.8) is 0 Å². The Kier molecular flexibility index (Phi) is 7.09. The Bertz CT molecular complexity index is 1440. The molecule has 0 radical (unpaired) electrons. The van der Waals surface area contributed by atoms with Crippen LogP contribution in [0.1, 0.15) is 11.3 Å². The van der Waals surface area contributed by atoms with Crippen LogP contribution in [0.2, 0.25) is 5.02 Å². The molecule has 0 aliphatic rings. The van der Waals surface area contributed by atoms with Crippen molar-refractivity contribution in [3.8, 4) is 5.75 Å². The van der Waals surface area contributed by atoms with Gasteiger partial charge in [0.05, 0.1) is 17.0 Å². The maximum Gasteiger partial charge on any atom is 0.261 e. The van der Waals surface area contributed by atoms with E-state index in [4.69, 9.17) is 16.3 Å². The highest BCUT2D eigenvalue weighted by Gasteiger charge is 2.16. The third-order valence-electron chi connectivity index (χ3n) is 5.01. The third kappa shape index (κ3) is 6.20. The van der Waals surface area contributed by atoms with Gasteiger partial charge >= 0.3 is 0 Å². The fourth-order valence-corrected chi connectivity index (χ4v) is 4.66. The summed E-state index contributed by atoms with van der Waals surface area (Å²) in [5, 5.41) is 6.64. The van der Waals surface area contributed by atoms with Gasteiger partial charge in [0, 0.05) is 28.8 Å². The van der Waals surface area contributed by atoms with Crippen LogP contribution in [-0.4, -0.2) is 25.5 Å². The molecular formula is C25H24ClN5O3S. The second-order valence-corrected chi connectivity index (χ2v) is 9.90. The minimum absolute atomic E-state index is 0.0345. The van der Waals surface area contributed by atoms with Crippen molar-refractivity contribution in [3.05, 3.63) is 89.1 Å². The SMILES string of the molecule is COc1ccc(S(=O)(=O)Nc2ccc(Nc3nc(C)cc(Nc4ccc(C)cc4)n3)cc2)cc1Cl. The number of rotatable bonds is 8. The highest BCUT2D eigenvalue weighted by molar-refractivity contribution is 7.92. The molecule has 0 aliphatic carbocycles. The molecule has 0 saturated carbocycles. The summed E-state index contributed by atoms with van der Waals surface area (Å²) in [7, 11) is -2.35. The highest BCUT2D eigenvalue weighted by atomic mass is 35.5. The van der Waals surface area contributed by atoms with Crippen LogP contribution in [0.5, 0.6) is 5.75 Å². The minimum Gasteiger partial charge on any atom is -0.495 e. The summed E-state index contributed by atoms with van der Waals surface area (Å²) in [6, 6.07) is 20.9. The van der Waals surface area contributed by atoms with Crippen LogP contribution in [0.4, 0.5) is 28.8 Å². The van der Waals surface area contributed by atoms with Crippen molar-refractivity contribution < 1.29 is 13.2 Å². The molecule has 1 aromatic heterocycles. The van der Waals surface area contributed by atoms with E-state index >= 15 is 0 Å². The summed E-state index contributed by atoms with van der Waals surface area (Å²) >= 11 is 6.07. The maximum absolute atomic E-state index is 12.7. The van der Waals surface area contributed by atoms with E-state index in [-0.39, 0.29) is 9.92 Å². The van der Waals surface area contributed by atoms with E-state index in [1.54, 1.807) is 24.3 Å². The second-order valence-electron chi connectivity index (χ2n) is 7.81. The Labute approximate surface area is 209 Å². The quantitative estimate of drug-likeness (QED) is 0.266. The Morgan fingerprint density at radius 2 is 1.43 bits per heavy atom. The number of benzene rings is 3. The van der Waals surface area contributed by atoms with Gasteiger partial charge in [-0.2, -0.15) is 4.98 Å². The van der Waals surface area contributed by atoms with Gasteiger partial charge in [0.2, 0.25) is 5.95 Å². The Morgan fingerprint density at radius 1 is 0.800 bits per heavy atom. The molecule has 0 aliphatic heterocycles. The molecule has 3 aromatic carbocycles. The number of hydrogen-bond acceptors (Lipinski definition) is 7. The molecule has 4 rings (SSSR count). The first kappa shape index (κ1) is 24.3. The molecule has 0 amide bonds. The molecule has 0 spiro atoms. The minimum atomic E-state index is -3.82. The molecule has 0 bridgehead atoms. The van der Waals surface area contributed by atoms with Crippen molar-refractivity contribution in [2.75, 3.05) is 22.5 Å². The molecule has 35 heavy (non-hydrogen) atoms. The first-order valence-electron chi connectivity index (χ1n) is 10.6. The molecule has 0 unspecified atom stereocenters. The number of hydrogen-bond donors (Lipinski definition) is 3. The van der Waals surface area contributed by atoms with E-state index in [9.17, 15) is 8.42 Å². The number of nitrogens with zero attached hydrogens (tertiary/aromatic N) is 2. The van der Waals surface area contributed by atoms with Crippen LogP contribution in [-0.2, 0) is 10.0 Å². The molecule has 0 atom stereocenters. The number of nitrogens with one attached hydrogen (secondary N) is 3. The molecule has 0 fully saturated rings. The molecule has 4 aromatic rings. The van der Waals surface area contributed by atoms with Gasteiger partial charge in [-0.25, -0.2) is 13.4 Å². The van der Waals surface area contributed by atoms with Gasteiger partial charge in [0.15, 0.2) is 0 Å². The van der Waals surface area contributed by atoms with Crippen molar-refractivity contribution in [1.29, 1.82) is 0 Å². The predicted octanol–water partition coefficient (Wildman–Crippen LogP) is 6.04. The summed E-state index contributed by atoms with van der Waals surface area (Å²) in [6.07, 6.45) is 0. The number of methoxy groups -OCH3 is 1. The van der Waals surface area contributed by atoms with Gasteiger partial charge in [-0.15, -0.1) is 0 Å². The summed E-state index contributed by atoms with van der Waals surface area (Å²) < 4.78 is 33.1. The predicted molar refractivity (Wildman–Crippen MR) is 140 cm³/mol. The number of aromatic nitrogens is 2. The van der Waals surface area contributed by atoms with Crippen molar-refractivity contribution in [1.82, 2.24) is 9.97 Å². The molecule has 0 saturated heterocycles. The number of sulfonamides is 1. The van der Waals surface area contributed by atoms with E-state index in [0.717, 1.165) is 11.4 Å². The van der Waals surface area contributed by atoms with Crippen LogP contribution in [0.15, 0.2) is 77.7 Å². The molecule has 3 N–H and O–H groups in total. The van der Waals surface area contributed by atoms with Crippen LogP contribution < -0.4 is 20.1 Å². The summed E-state index contributed by atoms with van der Waals surface area (Å²) in [5.41, 5.74) is 3.99. The van der Waals surface area contributed by atoms with Crippen molar-refractivity contribution in [2.45, 2.75) is 18.7 Å². The van der Waals surface area contributed by atoms with E-state index in [0.29, 0.717) is 28.9 Å². The fourth-order valence-electron chi connectivity index (χ4n) is 3.25. The number of aryl methyl sites for hydroxylation is 2. The lowest BCUT2D eigenvalue weighted by Gasteiger charge is -2.12. The number of halogens is 1. The topological polar surface area (TPSA) is 105 Å². The Balaban J connectivity index is 1.46. The molecular weight excluding hydrogens is 486 g/mol. The van der Waals surface area contributed by atoms with Crippen molar-refractivity contribution >= 4 is 50.5 Å². The second kappa shape index (κ2) is 10.2. The zero-order valence-corrected chi connectivity index (χ0v) is 20.9. The fraction of sp³-hybridized carbons (Fsp3) is 0.120. The highest BCUT2D eigenvalue weighted by Crippen LogP contribution is 2.28. The summed E-state index contributed by atoms with van der Waals surface area (Å²) in [4.78, 5) is 8.99. The Morgan fingerprint density at radius 3 is 2.09 bits per heavy atom. The molecule has 180 valence electrons. The van der Waals surface area contributed by atoms with E-state index in [1.165, 1.54) is 30.9 Å². The van der Waals surface area contributed by atoms with Gasteiger partial charge in [-0.1, -0.05) is 29.3 Å². The van der Waals surface area contributed by atoms with Crippen LogP contribution in [0.3, 0.4) is 0 Å². The lowest BCUT2D eigenvalue weighted by molar-refractivity contribution is 0.414. The average molecular weight is 510 g/mol. The van der Waals surface area contributed by atoms with E-state index in [1.807, 2.05) is 44.2 Å². The lowest BCUT2D eigenvalue weighted by Crippen LogP contribution is -2.13. The first-order chi connectivity index (χ1) is 16.7. The third-order valence-corrected chi connectivity index (χ3v) is 6.68. The van der Waals surface area contributed by atoms with Crippen molar-refractivity contribution in [2.24, 2.45) is 0 Å². The monoisotopic (exact) mass is 509 g/mol. The molecule has 8 nitrogen and oxygen atoms in total. The number of anilines is 5.